The fourth-order valence-electron chi connectivity index (χ4n) is 3.37. The molecule has 0 aliphatic carbocycles. The highest BCUT2D eigenvalue weighted by Crippen LogP contribution is 2.40. The summed E-state index contributed by atoms with van der Waals surface area (Å²) < 4.78 is 16.1. The molecule has 1 heterocycles. The van der Waals surface area contributed by atoms with Gasteiger partial charge in [-0.15, -0.1) is 0 Å². The SMILES string of the molecule is COc1cc(NCc2ccc(CC(C)C(=O)Nc3ccccc3N)cn2)cc(OC)c1OC. The second-order valence-corrected chi connectivity index (χ2v) is 7.61. The standard InChI is InChI=1S/C25H30N4O4/c1-16(25(30)29-21-8-6-5-7-20(21)26)11-17-9-10-18(27-14-17)15-28-19-12-22(31-2)24(33-4)23(13-19)32-3/h5-10,12-14,16,28H,11,15,26H2,1-4H3,(H,29,30). The number of aromatic nitrogens is 1. The van der Waals surface area contributed by atoms with E-state index in [1.807, 2.05) is 43.3 Å². The molecule has 174 valence electrons. The summed E-state index contributed by atoms with van der Waals surface area (Å²) in [5, 5.41) is 6.20. The van der Waals surface area contributed by atoms with Crippen molar-refractivity contribution < 1.29 is 19.0 Å². The minimum absolute atomic E-state index is 0.0824. The topological polar surface area (TPSA) is 108 Å². The molecule has 3 aromatic rings. The maximum absolute atomic E-state index is 12.5. The van der Waals surface area contributed by atoms with Crippen molar-refractivity contribution in [3.8, 4) is 17.2 Å². The molecule has 3 rings (SSSR count). The lowest BCUT2D eigenvalue weighted by Crippen LogP contribution is -2.22. The Labute approximate surface area is 194 Å². The van der Waals surface area contributed by atoms with Crippen molar-refractivity contribution in [3.63, 3.8) is 0 Å². The predicted octanol–water partition coefficient (Wildman–Crippen LogP) is 4.12. The van der Waals surface area contributed by atoms with E-state index in [1.165, 1.54) is 0 Å². The van der Waals surface area contributed by atoms with Crippen LogP contribution < -0.4 is 30.6 Å². The summed E-state index contributed by atoms with van der Waals surface area (Å²) in [7, 11) is 4.73. The smallest absolute Gasteiger partial charge is 0.227 e. The van der Waals surface area contributed by atoms with Gasteiger partial charge in [-0.05, 0) is 30.2 Å². The number of rotatable bonds is 10. The summed E-state index contributed by atoms with van der Waals surface area (Å²) in [5.41, 5.74) is 9.74. The molecular weight excluding hydrogens is 420 g/mol. The molecule has 0 radical (unpaired) electrons. The van der Waals surface area contributed by atoms with Crippen LogP contribution in [0.1, 0.15) is 18.2 Å². The highest BCUT2D eigenvalue weighted by Gasteiger charge is 2.16. The number of nitrogen functional groups attached to an aromatic ring is 1. The number of amides is 1. The van der Waals surface area contributed by atoms with E-state index >= 15 is 0 Å². The number of carbonyl (C=O) groups is 1. The zero-order chi connectivity index (χ0) is 23.8. The van der Waals surface area contributed by atoms with Gasteiger partial charge in [-0.25, -0.2) is 0 Å². The van der Waals surface area contributed by atoms with Crippen molar-refractivity contribution >= 4 is 23.0 Å². The van der Waals surface area contributed by atoms with E-state index in [2.05, 4.69) is 15.6 Å². The van der Waals surface area contributed by atoms with E-state index in [-0.39, 0.29) is 11.8 Å². The zero-order valence-electron chi connectivity index (χ0n) is 19.3. The van der Waals surface area contributed by atoms with E-state index in [0.29, 0.717) is 41.6 Å². The molecule has 0 spiro atoms. The second kappa shape index (κ2) is 11.1. The third-order valence-corrected chi connectivity index (χ3v) is 5.23. The van der Waals surface area contributed by atoms with E-state index in [0.717, 1.165) is 16.9 Å². The number of para-hydroxylation sites is 2. The van der Waals surface area contributed by atoms with E-state index in [4.69, 9.17) is 19.9 Å². The zero-order valence-corrected chi connectivity index (χ0v) is 19.3. The summed E-state index contributed by atoms with van der Waals surface area (Å²) >= 11 is 0. The number of benzene rings is 2. The van der Waals surface area contributed by atoms with Crippen molar-refractivity contribution in [1.82, 2.24) is 4.98 Å². The van der Waals surface area contributed by atoms with Crippen LogP contribution in [0.15, 0.2) is 54.7 Å². The molecule has 4 N–H and O–H groups in total. The van der Waals surface area contributed by atoms with Gasteiger partial charge in [-0.3, -0.25) is 9.78 Å². The number of nitrogens with one attached hydrogen (secondary N) is 2. The van der Waals surface area contributed by atoms with Crippen molar-refractivity contribution in [1.29, 1.82) is 0 Å². The minimum Gasteiger partial charge on any atom is -0.493 e. The molecule has 0 fully saturated rings. The van der Waals surface area contributed by atoms with Gasteiger partial charge in [0, 0.05) is 29.9 Å². The number of carbonyl (C=O) groups excluding carboxylic acids is 1. The first-order chi connectivity index (χ1) is 15.9. The van der Waals surface area contributed by atoms with Crippen molar-refractivity contribution in [3.05, 3.63) is 66.0 Å². The Kier molecular flexibility index (Phi) is 7.96. The normalized spacial score (nSPS) is 11.4. The van der Waals surface area contributed by atoms with Crippen LogP contribution >= 0.6 is 0 Å². The first-order valence-corrected chi connectivity index (χ1v) is 10.6. The molecule has 1 unspecified atom stereocenters. The second-order valence-electron chi connectivity index (χ2n) is 7.61. The first kappa shape index (κ1) is 23.7. The summed E-state index contributed by atoms with van der Waals surface area (Å²) in [6.07, 6.45) is 2.37. The van der Waals surface area contributed by atoms with Gasteiger partial charge in [0.2, 0.25) is 11.7 Å². The van der Waals surface area contributed by atoms with Crippen LogP contribution in [0.4, 0.5) is 17.1 Å². The van der Waals surface area contributed by atoms with Crippen molar-refractivity contribution in [2.75, 3.05) is 37.7 Å². The lowest BCUT2D eigenvalue weighted by Gasteiger charge is -2.15. The number of anilines is 3. The number of nitrogens with zero attached hydrogens (tertiary/aromatic N) is 1. The molecule has 0 aliphatic heterocycles. The monoisotopic (exact) mass is 450 g/mol. The number of methoxy groups -OCH3 is 3. The molecule has 0 saturated heterocycles. The third-order valence-electron chi connectivity index (χ3n) is 5.23. The molecule has 0 aliphatic rings. The molecule has 0 bridgehead atoms. The van der Waals surface area contributed by atoms with Gasteiger partial charge in [0.25, 0.3) is 0 Å². The Morgan fingerprint density at radius 2 is 1.73 bits per heavy atom. The Morgan fingerprint density at radius 1 is 1.03 bits per heavy atom. The van der Waals surface area contributed by atoms with Crippen LogP contribution in [0.25, 0.3) is 0 Å². The van der Waals surface area contributed by atoms with E-state index in [1.54, 1.807) is 39.7 Å². The molecular formula is C25H30N4O4. The fraction of sp³-hybridized carbons (Fsp3) is 0.280. The Hall–Kier alpha value is -3.94. The van der Waals surface area contributed by atoms with Crippen LogP contribution in [-0.4, -0.2) is 32.2 Å². The van der Waals surface area contributed by atoms with Crippen molar-refractivity contribution in [2.45, 2.75) is 19.9 Å². The quantitative estimate of drug-likeness (QED) is 0.399. The first-order valence-electron chi connectivity index (χ1n) is 10.6. The largest absolute Gasteiger partial charge is 0.493 e. The highest BCUT2D eigenvalue weighted by atomic mass is 16.5. The molecule has 2 aromatic carbocycles. The molecule has 1 aromatic heterocycles. The molecule has 1 atom stereocenters. The van der Waals surface area contributed by atoms with E-state index < -0.39 is 0 Å². The summed E-state index contributed by atoms with van der Waals surface area (Å²) in [6.45, 7) is 2.40. The summed E-state index contributed by atoms with van der Waals surface area (Å²) in [5.74, 6) is 1.39. The van der Waals surface area contributed by atoms with Gasteiger partial charge in [0.05, 0.1) is 44.9 Å². The van der Waals surface area contributed by atoms with Crippen LogP contribution in [0.5, 0.6) is 17.2 Å². The van der Waals surface area contributed by atoms with Gasteiger partial charge in [0.1, 0.15) is 0 Å². The Morgan fingerprint density at radius 3 is 2.30 bits per heavy atom. The summed E-state index contributed by atoms with van der Waals surface area (Å²) in [6, 6.07) is 14.8. The maximum Gasteiger partial charge on any atom is 0.227 e. The predicted molar refractivity (Wildman–Crippen MR) is 130 cm³/mol. The fourth-order valence-corrected chi connectivity index (χ4v) is 3.37. The van der Waals surface area contributed by atoms with Gasteiger partial charge in [-0.1, -0.05) is 25.1 Å². The van der Waals surface area contributed by atoms with Gasteiger partial charge in [-0.2, -0.15) is 0 Å². The lowest BCUT2D eigenvalue weighted by atomic mass is 10.0. The highest BCUT2D eigenvalue weighted by molar-refractivity contribution is 5.95. The molecule has 1 amide bonds. The number of pyridine rings is 1. The molecule has 0 saturated carbocycles. The Balaban J connectivity index is 1.58. The van der Waals surface area contributed by atoms with Crippen LogP contribution in [-0.2, 0) is 17.8 Å². The molecule has 33 heavy (non-hydrogen) atoms. The van der Waals surface area contributed by atoms with Crippen LogP contribution in [0.3, 0.4) is 0 Å². The maximum atomic E-state index is 12.5. The third kappa shape index (κ3) is 6.06. The average molecular weight is 451 g/mol. The van der Waals surface area contributed by atoms with Crippen molar-refractivity contribution in [2.24, 2.45) is 5.92 Å². The van der Waals surface area contributed by atoms with Gasteiger partial charge >= 0.3 is 0 Å². The minimum atomic E-state index is -0.227. The van der Waals surface area contributed by atoms with Crippen LogP contribution in [0, 0.1) is 5.92 Å². The lowest BCUT2D eigenvalue weighted by molar-refractivity contribution is -0.119. The van der Waals surface area contributed by atoms with Gasteiger partial charge in [0.15, 0.2) is 11.5 Å². The summed E-state index contributed by atoms with van der Waals surface area (Å²) in [4.78, 5) is 17.0. The number of ether oxygens (including phenoxy) is 3. The van der Waals surface area contributed by atoms with E-state index in [9.17, 15) is 4.79 Å². The molecule has 8 heteroatoms. The van der Waals surface area contributed by atoms with Gasteiger partial charge < -0.3 is 30.6 Å². The number of hydrogen-bond acceptors (Lipinski definition) is 7. The Bertz CT molecular complexity index is 1060. The molecule has 8 nitrogen and oxygen atoms in total. The van der Waals surface area contributed by atoms with Crippen LogP contribution in [0.2, 0.25) is 0 Å². The number of hydrogen-bond donors (Lipinski definition) is 3. The number of nitrogens with two attached hydrogens (primary N) is 1. The average Bonchev–Trinajstić information content (AvgIpc) is 2.84.